The molecule has 0 saturated heterocycles. The zero-order valence-electron chi connectivity index (χ0n) is 10.6. The Balaban J connectivity index is 2.58. The van der Waals surface area contributed by atoms with Gasteiger partial charge in [-0.05, 0) is 26.1 Å². The number of nitrogens with one attached hydrogen (secondary N) is 2. The molecule has 2 atom stereocenters. The zero-order chi connectivity index (χ0) is 13.8. The maximum Gasteiger partial charge on any atom is 0.273 e. The third-order valence-electron chi connectivity index (χ3n) is 2.28. The maximum absolute atomic E-state index is 11.4. The molecule has 18 heavy (non-hydrogen) atoms. The van der Waals surface area contributed by atoms with Gasteiger partial charge in [-0.15, -0.1) is 0 Å². The molecule has 0 aromatic carbocycles. The molecule has 0 fully saturated rings. The number of hydrogen-bond acceptors (Lipinski definition) is 5. The van der Waals surface area contributed by atoms with Gasteiger partial charge in [0.25, 0.3) is 10.0 Å². The molecule has 1 rings (SSSR count). The van der Waals surface area contributed by atoms with E-state index in [4.69, 9.17) is 4.42 Å². The topological polar surface area (TPSA) is 88.4 Å². The summed E-state index contributed by atoms with van der Waals surface area (Å²) < 4.78 is 41.3. The normalized spacial score (nSPS) is 15.5. The van der Waals surface area contributed by atoms with E-state index in [-0.39, 0.29) is 11.1 Å². The van der Waals surface area contributed by atoms with Crippen molar-refractivity contribution in [3.8, 4) is 0 Å². The Labute approximate surface area is 110 Å². The second-order valence-corrected chi connectivity index (χ2v) is 7.25. The van der Waals surface area contributed by atoms with Gasteiger partial charge in [0.1, 0.15) is 5.76 Å². The third-order valence-corrected chi connectivity index (χ3v) is 4.54. The Hall–Kier alpha value is -0.700. The minimum absolute atomic E-state index is 0.0743. The van der Waals surface area contributed by atoms with E-state index in [0.717, 1.165) is 0 Å². The molecule has 2 N–H and O–H groups in total. The summed E-state index contributed by atoms with van der Waals surface area (Å²) in [6.07, 6.45) is 1.64. The van der Waals surface area contributed by atoms with E-state index in [1.807, 2.05) is 6.92 Å². The molecule has 1 aromatic heterocycles. The molecule has 0 amide bonds. The minimum Gasteiger partial charge on any atom is -0.447 e. The average Bonchev–Trinajstić information content (AvgIpc) is 2.74. The van der Waals surface area contributed by atoms with Gasteiger partial charge in [-0.1, -0.05) is 0 Å². The molecule has 8 heteroatoms. The summed E-state index contributed by atoms with van der Waals surface area (Å²) in [5.74, 6) is 1.07. The van der Waals surface area contributed by atoms with Crippen LogP contribution in [0.5, 0.6) is 0 Å². The highest BCUT2D eigenvalue weighted by Crippen LogP contribution is 2.13. The van der Waals surface area contributed by atoms with E-state index in [2.05, 4.69) is 10.0 Å². The van der Waals surface area contributed by atoms with Crippen LogP contribution in [-0.2, 0) is 27.4 Å². The summed E-state index contributed by atoms with van der Waals surface area (Å²) in [6.45, 7) is 2.31. The zero-order valence-corrected chi connectivity index (χ0v) is 12.2. The molecule has 0 bridgehead atoms. The predicted octanol–water partition coefficient (Wildman–Crippen LogP) is 0.0443. The molecule has 1 heterocycles. The van der Waals surface area contributed by atoms with Crippen molar-refractivity contribution in [2.75, 3.05) is 19.1 Å². The Morgan fingerprint density at radius 1 is 1.44 bits per heavy atom. The Bertz CT molecular complexity index is 510. The molecular formula is C10H18N2O4S2. The number of furan rings is 1. The van der Waals surface area contributed by atoms with E-state index in [1.54, 1.807) is 12.3 Å². The second kappa shape index (κ2) is 6.46. The highest BCUT2D eigenvalue weighted by atomic mass is 32.2. The average molecular weight is 294 g/mol. The van der Waals surface area contributed by atoms with E-state index in [0.29, 0.717) is 18.1 Å². The summed E-state index contributed by atoms with van der Waals surface area (Å²) in [7, 11) is -3.06. The molecule has 0 aliphatic rings. The van der Waals surface area contributed by atoms with E-state index >= 15 is 0 Å². The van der Waals surface area contributed by atoms with Crippen LogP contribution in [0, 0.1) is 0 Å². The summed E-state index contributed by atoms with van der Waals surface area (Å²) in [6, 6.07) is 3.09. The van der Waals surface area contributed by atoms with Gasteiger partial charge in [-0.3, -0.25) is 4.21 Å². The van der Waals surface area contributed by atoms with Crippen molar-refractivity contribution in [1.29, 1.82) is 0 Å². The van der Waals surface area contributed by atoms with Crippen LogP contribution in [0.15, 0.2) is 21.6 Å². The Kier molecular flexibility index (Phi) is 5.51. The lowest BCUT2D eigenvalue weighted by Crippen LogP contribution is -2.30. The third kappa shape index (κ3) is 4.52. The van der Waals surface area contributed by atoms with E-state index in [9.17, 15) is 12.6 Å². The summed E-state index contributed by atoms with van der Waals surface area (Å²) >= 11 is 0. The lowest BCUT2D eigenvalue weighted by molar-refractivity contribution is 0.394. The van der Waals surface area contributed by atoms with Crippen molar-refractivity contribution in [2.45, 2.75) is 24.6 Å². The lowest BCUT2D eigenvalue weighted by atomic mass is 10.3. The summed E-state index contributed by atoms with van der Waals surface area (Å²) in [4.78, 5) is 0. The van der Waals surface area contributed by atoms with Crippen LogP contribution < -0.4 is 10.0 Å². The quantitative estimate of drug-likeness (QED) is 0.741. The molecule has 0 aliphatic carbocycles. The molecule has 0 spiro atoms. The standard InChI is InChI=1S/C10H18N2O4S2/c1-8(7-17(3)13)12-6-9-4-5-10(16-9)18(14,15)11-2/h4-5,8,11-12H,6-7H2,1-3H3. The van der Waals surface area contributed by atoms with Crippen LogP contribution in [0.3, 0.4) is 0 Å². The van der Waals surface area contributed by atoms with Gasteiger partial charge >= 0.3 is 0 Å². The highest BCUT2D eigenvalue weighted by Gasteiger charge is 2.16. The summed E-state index contributed by atoms with van der Waals surface area (Å²) in [5, 5.41) is 3.01. The van der Waals surface area contributed by atoms with E-state index < -0.39 is 20.8 Å². The molecule has 0 radical (unpaired) electrons. The molecule has 1 aromatic rings. The van der Waals surface area contributed by atoms with Gasteiger partial charge in [-0.25, -0.2) is 13.1 Å². The van der Waals surface area contributed by atoms with Crippen LogP contribution >= 0.6 is 0 Å². The van der Waals surface area contributed by atoms with Crippen molar-refractivity contribution < 1.29 is 17.0 Å². The molecular weight excluding hydrogens is 276 g/mol. The smallest absolute Gasteiger partial charge is 0.273 e. The van der Waals surface area contributed by atoms with Crippen LogP contribution in [0.25, 0.3) is 0 Å². The van der Waals surface area contributed by atoms with Crippen LogP contribution in [0.4, 0.5) is 0 Å². The first-order valence-electron chi connectivity index (χ1n) is 5.41. The van der Waals surface area contributed by atoms with Gasteiger partial charge in [-0.2, -0.15) is 0 Å². The number of hydrogen-bond donors (Lipinski definition) is 2. The fourth-order valence-electron chi connectivity index (χ4n) is 1.38. The van der Waals surface area contributed by atoms with Gasteiger partial charge in [0, 0.05) is 28.9 Å². The highest BCUT2D eigenvalue weighted by molar-refractivity contribution is 7.89. The Morgan fingerprint density at radius 3 is 2.67 bits per heavy atom. The van der Waals surface area contributed by atoms with Crippen molar-refractivity contribution in [3.63, 3.8) is 0 Å². The first-order chi connectivity index (χ1) is 8.35. The van der Waals surface area contributed by atoms with Crippen molar-refractivity contribution >= 4 is 20.8 Å². The fourth-order valence-corrected chi connectivity index (χ4v) is 2.87. The minimum atomic E-state index is -3.53. The van der Waals surface area contributed by atoms with Crippen molar-refractivity contribution in [2.24, 2.45) is 0 Å². The summed E-state index contributed by atoms with van der Waals surface area (Å²) in [5.41, 5.74) is 0. The maximum atomic E-state index is 11.4. The lowest BCUT2D eigenvalue weighted by Gasteiger charge is -2.10. The van der Waals surface area contributed by atoms with E-state index in [1.165, 1.54) is 13.1 Å². The van der Waals surface area contributed by atoms with Crippen LogP contribution in [-0.4, -0.2) is 37.7 Å². The fraction of sp³-hybridized carbons (Fsp3) is 0.600. The van der Waals surface area contributed by atoms with Gasteiger partial charge in [0.05, 0.1) is 6.54 Å². The van der Waals surface area contributed by atoms with Crippen molar-refractivity contribution in [1.82, 2.24) is 10.0 Å². The molecule has 6 nitrogen and oxygen atoms in total. The van der Waals surface area contributed by atoms with Crippen LogP contribution in [0.2, 0.25) is 0 Å². The SMILES string of the molecule is CNS(=O)(=O)c1ccc(CNC(C)CS(C)=O)o1. The largest absolute Gasteiger partial charge is 0.447 e. The van der Waals surface area contributed by atoms with Gasteiger partial charge in [0.15, 0.2) is 0 Å². The van der Waals surface area contributed by atoms with Crippen molar-refractivity contribution in [3.05, 3.63) is 17.9 Å². The first-order valence-corrected chi connectivity index (χ1v) is 8.62. The Morgan fingerprint density at radius 2 is 2.11 bits per heavy atom. The predicted molar refractivity (Wildman–Crippen MR) is 70.2 cm³/mol. The number of rotatable bonds is 7. The first kappa shape index (κ1) is 15.4. The van der Waals surface area contributed by atoms with Crippen LogP contribution in [0.1, 0.15) is 12.7 Å². The molecule has 0 aliphatic heterocycles. The van der Waals surface area contributed by atoms with Gasteiger partial charge < -0.3 is 9.73 Å². The monoisotopic (exact) mass is 294 g/mol. The molecule has 104 valence electrons. The van der Waals surface area contributed by atoms with Gasteiger partial charge in [0.2, 0.25) is 5.09 Å². The molecule has 0 saturated carbocycles. The molecule has 2 unspecified atom stereocenters. The second-order valence-electron chi connectivity index (χ2n) is 3.95. The number of sulfonamides is 1.